The molecule has 6 nitrogen and oxygen atoms in total. The second-order valence-corrected chi connectivity index (χ2v) is 7.95. The Labute approximate surface area is 154 Å². The van der Waals surface area contributed by atoms with E-state index < -0.39 is 10.0 Å². The molecule has 0 aliphatic carbocycles. The third-order valence-electron chi connectivity index (χ3n) is 4.26. The van der Waals surface area contributed by atoms with Crippen LogP contribution in [0.1, 0.15) is 0 Å². The van der Waals surface area contributed by atoms with Gasteiger partial charge in [0.25, 0.3) is 0 Å². The molecular formula is C17H22ClN3O3S. The molecule has 136 valence electrons. The molecular weight excluding hydrogens is 362 g/mol. The maximum Gasteiger partial charge on any atom is 0.243 e. The first-order valence-electron chi connectivity index (χ1n) is 7.92. The minimum atomic E-state index is -3.69. The van der Waals surface area contributed by atoms with E-state index in [4.69, 9.17) is 0 Å². The molecule has 0 radical (unpaired) electrons. The molecule has 0 atom stereocenters. The average Bonchev–Trinajstić information content (AvgIpc) is 2.61. The largest absolute Gasteiger partial charge is 0.339 e. The van der Waals surface area contributed by atoms with E-state index in [1.807, 2.05) is 24.3 Å². The summed E-state index contributed by atoms with van der Waals surface area (Å²) < 4.78 is 26.6. The van der Waals surface area contributed by atoms with Crippen molar-refractivity contribution in [1.29, 1.82) is 0 Å². The number of halogens is 1. The first-order chi connectivity index (χ1) is 11.5. The Morgan fingerprint density at radius 3 is 2.44 bits per heavy atom. The summed E-state index contributed by atoms with van der Waals surface area (Å²) in [5.74, 6) is -0.164. The Morgan fingerprint density at radius 2 is 1.76 bits per heavy atom. The molecule has 3 rings (SSSR count). The van der Waals surface area contributed by atoms with Gasteiger partial charge in [-0.25, -0.2) is 8.42 Å². The normalized spacial score (nSPS) is 15.2. The monoisotopic (exact) mass is 383 g/mol. The molecule has 1 fully saturated rings. The standard InChI is InChI=1S/C17H21N3O3S.ClH/c1-19(13-17(21)20-10-8-18-9-11-20)24(22,23)16-7-6-14-4-2-3-5-15(14)12-16;/h2-7,12,18H,8-11,13H2,1H3;1H. The molecule has 1 amide bonds. The Bertz CT molecular complexity index is 851. The number of amides is 1. The lowest BCUT2D eigenvalue weighted by atomic mass is 10.1. The smallest absolute Gasteiger partial charge is 0.243 e. The second-order valence-electron chi connectivity index (χ2n) is 5.90. The van der Waals surface area contributed by atoms with E-state index in [0.29, 0.717) is 13.1 Å². The fourth-order valence-electron chi connectivity index (χ4n) is 2.80. The number of likely N-dealkylation sites (N-methyl/N-ethyl adjacent to an activating group) is 1. The molecule has 1 aliphatic rings. The molecule has 25 heavy (non-hydrogen) atoms. The van der Waals surface area contributed by atoms with E-state index in [-0.39, 0.29) is 29.8 Å². The van der Waals surface area contributed by atoms with Crippen molar-refractivity contribution in [2.24, 2.45) is 0 Å². The Kier molecular flexibility index (Phi) is 6.40. The van der Waals surface area contributed by atoms with Crippen LogP contribution in [0, 0.1) is 0 Å². The molecule has 1 heterocycles. The van der Waals surface area contributed by atoms with Crippen molar-refractivity contribution in [3.05, 3.63) is 42.5 Å². The van der Waals surface area contributed by atoms with Gasteiger partial charge >= 0.3 is 0 Å². The number of carbonyl (C=O) groups excluding carboxylic acids is 1. The predicted molar refractivity (Wildman–Crippen MR) is 100 cm³/mol. The third kappa shape index (κ3) is 4.30. The second kappa shape index (κ2) is 8.14. The molecule has 2 aromatic carbocycles. The number of nitrogens with zero attached hydrogens (tertiary/aromatic N) is 2. The molecule has 1 saturated heterocycles. The van der Waals surface area contributed by atoms with Crippen molar-refractivity contribution in [3.63, 3.8) is 0 Å². The summed E-state index contributed by atoms with van der Waals surface area (Å²) >= 11 is 0. The SMILES string of the molecule is CN(CC(=O)N1CCNCC1)S(=O)(=O)c1ccc2ccccc2c1.Cl. The third-order valence-corrected chi connectivity index (χ3v) is 6.06. The van der Waals surface area contributed by atoms with Gasteiger partial charge in [-0.2, -0.15) is 4.31 Å². The number of hydrogen-bond donors (Lipinski definition) is 1. The molecule has 0 saturated carbocycles. The first kappa shape index (κ1) is 19.7. The first-order valence-corrected chi connectivity index (χ1v) is 9.36. The van der Waals surface area contributed by atoms with Crippen LogP contribution >= 0.6 is 12.4 Å². The van der Waals surface area contributed by atoms with E-state index in [1.54, 1.807) is 23.1 Å². The van der Waals surface area contributed by atoms with Gasteiger partial charge in [-0.15, -0.1) is 12.4 Å². The predicted octanol–water partition coefficient (Wildman–Crippen LogP) is 1.31. The molecule has 2 aromatic rings. The van der Waals surface area contributed by atoms with Crippen molar-refractivity contribution < 1.29 is 13.2 Å². The molecule has 0 aromatic heterocycles. The summed E-state index contributed by atoms with van der Waals surface area (Å²) in [4.78, 5) is 14.2. The van der Waals surface area contributed by atoms with Gasteiger partial charge in [0.2, 0.25) is 15.9 Å². The zero-order chi connectivity index (χ0) is 17.2. The quantitative estimate of drug-likeness (QED) is 0.864. The van der Waals surface area contributed by atoms with E-state index in [0.717, 1.165) is 28.2 Å². The van der Waals surface area contributed by atoms with Gasteiger partial charge < -0.3 is 10.2 Å². The minimum absolute atomic E-state index is 0. The maximum atomic E-state index is 12.7. The molecule has 0 spiro atoms. The summed E-state index contributed by atoms with van der Waals surface area (Å²) in [5, 5.41) is 5.01. The van der Waals surface area contributed by atoms with Crippen LogP contribution in [0.4, 0.5) is 0 Å². The van der Waals surface area contributed by atoms with Gasteiger partial charge in [-0.3, -0.25) is 4.79 Å². The minimum Gasteiger partial charge on any atom is -0.339 e. The molecule has 1 aliphatic heterocycles. The van der Waals surface area contributed by atoms with Crippen molar-refractivity contribution >= 4 is 39.1 Å². The number of benzene rings is 2. The van der Waals surface area contributed by atoms with Gasteiger partial charge in [0.1, 0.15) is 0 Å². The van der Waals surface area contributed by atoms with Crippen molar-refractivity contribution in [1.82, 2.24) is 14.5 Å². The van der Waals surface area contributed by atoms with Gasteiger partial charge in [0, 0.05) is 33.2 Å². The van der Waals surface area contributed by atoms with Crippen LogP contribution in [-0.4, -0.2) is 63.3 Å². The highest BCUT2D eigenvalue weighted by Crippen LogP contribution is 2.21. The van der Waals surface area contributed by atoms with Crippen molar-refractivity contribution in [3.8, 4) is 0 Å². The van der Waals surface area contributed by atoms with Crippen LogP contribution in [-0.2, 0) is 14.8 Å². The van der Waals surface area contributed by atoms with Crippen LogP contribution in [0.2, 0.25) is 0 Å². The van der Waals surface area contributed by atoms with Gasteiger partial charge in [-0.1, -0.05) is 30.3 Å². The van der Waals surface area contributed by atoms with E-state index in [1.165, 1.54) is 7.05 Å². The topological polar surface area (TPSA) is 69.7 Å². The molecule has 8 heteroatoms. The fraction of sp³-hybridized carbons (Fsp3) is 0.353. The Morgan fingerprint density at radius 1 is 1.12 bits per heavy atom. The number of piperazine rings is 1. The number of fused-ring (bicyclic) bond motifs is 1. The van der Waals surface area contributed by atoms with Crippen LogP contribution in [0.15, 0.2) is 47.4 Å². The van der Waals surface area contributed by atoms with Gasteiger partial charge in [0.05, 0.1) is 11.4 Å². The lowest BCUT2D eigenvalue weighted by molar-refractivity contribution is -0.131. The highest BCUT2D eigenvalue weighted by molar-refractivity contribution is 7.89. The highest BCUT2D eigenvalue weighted by atomic mass is 35.5. The Balaban J connectivity index is 0.00000225. The molecule has 0 unspecified atom stereocenters. The number of sulfonamides is 1. The maximum absolute atomic E-state index is 12.7. The fourth-order valence-corrected chi connectivity index (χ4v) is 3.95. The summed E-state index contributed by atoms with van der Waals surface area (Å²) in [6, 6.07) is 12.6. The number of carbonyl (C=O) groups is 1. The van der Waals surface area contributed by atoms with E-state index in [2.05, 4.69) is 5.32 Å². The van der Waals surface area contributed by atoms with Gasteiger partial charge in [0.15, 0.2) is 0 Å². The van der Waals surface area contributed by atoms with E-state index in [9.17, 15) is 13.2 Å². The number of nitrogens with one attached hydrogen (secondary N) is 1. The van der Waals surface area contributed by atoms with Gasteiger partial charge in [-0.05, 0) is 22.9 Å². The Hall–Kier alpha value is -1.67. The number of hydrogen-bond acceptors (Lipinski definition) is 4. The zero-order valence-electron chi connectivity index (χ0n) is 14.0. The van der Waals surface area contributed by atoms with Crippen LogP contribution in [0.5, 0.6) is 0 Å². The van der Waals surface area contributed by atoms with Crippen LogP contribution in [0.3, 0.4) is 0 Å². The lowest BCUT2D eigenvalue weighted by Crippen LogP contribution is -2.49. The molecule has 1 N–H and O–H groups in total. The summed E-state index contributed by atoms with van der Waals surface area (Å²) in [5.41, 5.74) is 0. The van der Waals surface area contributed by atoms with Crippen molar-refractivity contribution in [2.75, 3.05) is 39.8 Å². The molecule has 0 bridgehead atoms. The van der Waals surface area contributed by atoms with Crippen LogP contribution in [0.25, 0.3) is 10.8 Å². The zero-order valence-corrected chi connectivity index (χ0v) is 15.6. The summed E-state index contributed by atoms with van der Waals surface area (Å²) in [7, 11) is -2.24. The highest BCUT2D eigenvalue weighted by Gasteiger charge is 2.26. The average molecular weight is 384 g/mol. The summed E-state index contributed by atoms with van der Waals surface area (Å²) in [6.45, 7) is 2.57. The van der Waals surface area contributed by atoms with E-state index >= 15 is 0 Å². The summed E-state index contributed by atoms with van der Waals surface area (Å²) in [6.07, 6.45) is 0. The van der Waals surface area contributed by atoms with Crippen LogP contribution < -0.4 is 5.32 Å². The van der Waals surface area contributed by atoms with Crippen molar-refractivity contribution in [2.45, 2.75) is 4.90 Å². The number of rotatable bonds is 4. The lowest BCUT2D eigenvalue weighted by Gasteiger charge is -2.29.